The first kappa shape index (κ1) is 18.9. The molecule has 1 atom stereocenters. The third kappa shape index (κ3) is 3.51. The van der Waals surface area contributed by atoms with E-state index in [0.717, 1.165) is 25.1 Å². The Morgan fingerprint density at radius 1 is 1.11 bits per heavy atom. The van der Waals surface area contributed by atoms with Gasteiger partial charge in [-0.15, -0.1) is 0 Å². The molecule has 1 aromatic carbocycles. The molecule has 1 unspecified atom stereocenters. The van der Waals surface area contributed by atoms with Gasteiger partial charge in [0, 0.05) is 42.1 Å². The summed E-state index contributed by atoms with van der Waals surface area (Å²) in [6.45, 7) is 9.71. The summed E-state index contributed by atoms with van der Waals surface area (Å²) in [6, 6.07) is 9.21. The lowest BCUT2D eigenvalue weighted by Gasteiger charge is -2.24. The Morgan fingerprint density at radius 2 is 1.86 bits per heavy atom. The molecule has 148 valence electrons. The lowest BCUT2D eigenvalue weighted by atomic mass is 9.87. The zero-order valence-electron chi connectivity index (χ0n) is 17.7. The average molecular weight is 378 g/mol. The fourth-order valence-electron chi connectivity index (χ4n) is 4.04. The predicted molar refractivity (Wildman–Crippen MR) is 113 cm³/mol. The second-order valence-corrected chi connectivity index (χ2v) is 8.96. The van der Waals surface area contributed by atoms with Crippen LogP contribution >= 0.6 is 0 Å². The number of hydrogen-bond donors (Lipinski definition) is 1. The highest BCUT2D eigenvalue weighted by Crippen LogP contribution is 2.32. The molecule has 5 nitrogen and oxygen atoms in total. The van der Waals surface area contributed by atoms with Crippen molar-refractivity contribution in [1.29, 1.82) is 0 Å². The molecular weight excluding hydrogens is 346 g/mol. The van der Waals surface area contributed by atoms with Gasteiger partial charge in [-0.1, -0.05) is 32.9 Å². The second-order valence-electron chi connectivity index (χ2n) is 8.96. The number of nitrogens with zero attached hydrogens (tertiary/aromatic N) is 4. The van der Waals surface area contributed by atoms with Gasteiger partial charge in [0.05, 0.1) is 18.1 Å². The summed E-state index contributed by atoms with van der Waals surface area (Å²) in [5.41, 5.74) is 7.84. The second kappa shape index (κ2) is 7.21. The quantitative estimate of drug-likeness (QED) is 0.734. The lowest BCUT2D eigenvalue weighted by molar-refractivity contribution is 0.454. The molecule has 0 radical (unpaired) electrons. The first-order valence-electron chi connectivity index (χ1n) is 10.2. The molecule has 4 rings (SSSR count). The van der Waals surface area contributed by atoms with Crippen molar-refractivity contribution in [2.75, 3.05) is 0 Å². The first-order chi connectivity index (χ1) is 13.3. The number of rotatable bonds is 4. The summed E-state index contributed by atoms with van der Waals surface area (Å²) in [6.07, 6.45) is 7.44. The lowest BCUT2D eigenvalue weighted by Crippen LogP contribution is -2.25. The van der Waals surface area contributed by atoms with E-state index in [0.29, 0.717) is 6.04 Å². The number of aromatic nitrogens is 4. The standard InChI is InChI=1S/C23H31N5/c1-16-17(14-25-27(16)5)13-24-21-7-6-8-22-20(21)15-26-28(22)19-11-9-18(10-12-19)23(2,3)4/h9-12,14-15,21,24H,6-8,13H2,1-5H3. The topological polar surface area (TPSA) is 47.7 Å². The SMILES string of the molecule is Cc1c(CNC2CCCc3c2cnn3-c2ccc(C(C)(C)C)cc2)cnn1C. The summed E-state index contributed by atoms with van der Waals surface area (Å²) in [7, 11) is 1.99. The maximum absolute atomic E-state index is 4.75. The van der Waals surface area contributed by atoms with Crippen molar-refractivity contribution >= 4 is 0 Å². The fourth-order valence-corrected chi connectivity index (χ4v) is 4.04. The van der Waals surface area contributed by atoms with E-state index in [9.17, 15) is 0 Å². The Kier molecular flexibility index (Phi) is 4.88. The van der Waals surface area contributed by atoms with E-state index in [-0.39, 0.29) is 5.41 Å². The number of aryl methyl sites for hydroxylation is 1. The highest BCUT2D eigenvalue weighted by atomic mass is 15.3. The van der Waals surface area contributed by atoms with Gasteiger partial charge in [-0.2, -0.15) is 10.2 Å². The summed E-state index contributed by atoms with van der Waals surface area (Å²) in [4.78, 5) is 0. The van der Waals surface area contributed by atoms with Crippen LogP contribution in [0.2, 0.25) is 0 Å². The van der Waals surface area contributed by atoms with Gasteiger partial charge in [0.15, 0.2) is 0 Å². The Hall–Kier alpha value is -2.40. The van der Waals surface area contributed by atoms with E-state index in [1.165, 1.54) is 34.5 Å². The van der Waals surface area contributed by atoms with Gasteiger partial charge in [-0.25, -0.2) is 4.68 Å². The van der Waals surface area contributed by atoms with Crippen molar-refractivity contribution < 1.29 is 0 Å². The molecule has 0 fully saturated rings. The molecule has 28 heavy (non-hydrogen) atoms. The minimum absolute atomic E-state index is 0.168. The van der Waals surface area contributed by atoms with Crippen molar-refractivity contribution in [2.45, 2.75) is 65.0 Å². The van der Waals surface area contributed by atoms with E-state index < -0.39 is 0 Å². The highest BCUT2D eigenvalue weighted by molar-refractivity contribution is 5.40. The largest absolute Gasteiger partial charge is 0.306 e. The maximum atomic E-state index is 4.75. The maximum Gasteiger partial charge on any atom is 0.0649 e. The predicted octanol–water partition coefficient (Wildman–Crippen LogP) is 4.38. The normalized spacial score (nSPS) is 17.0. The van der Waals surface area contributed by atoms with E-state index in [2.05, 4.69) is 73.3 Å². The van der Waals surface area contributed by atoms with E-state index in [4.69, 9.17) is 5.10 Å². The molecule has 3 aromatic rings. The molecule has 1 aliphatic rings. The van der Waals surface area contributed by atoms with Crippen LogP contribution in [0.25, 0.3) is 5.69 Å². The van der Waals surface area contributed by atoms with Gasteiger partial charge >= 0.3 is 0 Å². The van der Waals surface area contributed by atoms with Crippen LogP contribution in [0.15, 0.2) is 36.7 Å². The molecule has 0 amide bonds. The van der Waals surface area contributed by atoms with Gasteiger partial charge in [0.2, 0.25) is 0 Å². The van der Waals surface area contributed by atoms with Crippen LogP contribution in [-0.4, -0.2) is 19.6 Å². The smallest absolute Gasteiger partial charge is 0.0649 e. The molecule has 5 heteroatoms. The van der Waals surface area contributed by atoms with Crippen LogP contribution < -0.4 is 5.32 Å². The van der Waals surface area contributed by atoms with Crippen LogP contribution in [0.1, 0.15) is 67.7 Å². The number of fused-ring (bicyclic) bond motifs is 1. The fraction of sp³-hybridized carbons (Fsp3) is 0.478. The monoisotopic (exact) mass is 377 g/mol. The molecular formula is C23H31N5. The van der Waals surface area contributed by atoms with Crippen LogP contribution in [0.3, 0.4) is 0 Å². The van der Waals surface area contributed by atoms with Gasteiger partial charge in [0.25, 0.3) is 0 Å². The van der Waals surface area contributed by atoms with Crippen LogP contribution in [0.5, 0.6) is 0 Å². The Bertz CT molecular complexity index is 956. The van der Waals surface area contributed by atoms with Crippen LogP contribution in [0.4, 0.5) is 0 Å². The molecule has 2 aromatic heterocycles. The van der Waals surface area contributed by atoms with Crippen LogP contribution in [0, 0.1) is 6.92 Å². The van der Waals surface area contributed by atoms with E-state index in [1.54, 1.807) is 0 Å². The number of benzene rings is 1. The molecule has 2 heterocycles. The zero-order valence-corrected chi connectivity index (χ0v) is 17.7. The number of nitrogens with one attached hydrogen (secondary N) is 1. The Morgan fingerprint density at radius 3 is 2.50 bits per heavy atom. The molecule has 0 saturated heterocycles. The highest BCUT2D eigenvalue weighted by Gasteiger charge is 2.25. The van der Waals surface area contributed by atoms with Gasteiger partial charge < -0.3 is 5.32 Å². The minimum atomic E-state index is 0.168. The molecule has 1 N–H and O–H groups in total. The Labute approximate surface area is 167 Å². The van der Waals surface area contributed by atoms with Crippen molar-refractivity contribution in [1.82, 2.24) is 24.9 Å². The van der Waals surface area contributed by atoms with E-state index >= 15 is 0 Å². The Balaban J connectivity index is 1.55. The van der Waals surface area contributed by atoms with E-state index in [1.807, 2.05) is 17.9 Å². The third-order valence-corrected chi connectivity index (χ3v) is 6.04. The van der Waals surface area contributed by atoms with Crippen molar-refractivity contribution in [3.05, 3.63) is 64.7 Å². The molecule has 1 aliphatic carbocycles. The average Bonchev–Trinajstić information content (AvgIpc) is 3.24. The molecule has 0 bridgehead atoms. The first-order valence-corrected chi connectivity index (χ1v) is 10.2. The molecule has 0 spiro atoms. The van der Waals surface area contributed by atoms with Gasteiger partial charge in [-0.05, 0) is 49.3 Å². The summed E-state index contributed by atoms with van der Waals surface area (Å²) >= 11 is 0. The van der Waals surface area contributed by atoms with Gasteiger partial charge in [-0.3, -0.25) is 4.68 Å². The molecule has 0 saturated carbocycles. The van der Waals surface area contributed by atoms with Gasteiger partial charge in [0.1, 0.15) is 0 Å². The van der Waals surface area contributed by atoms with Crippen molar-refractivity contribution in [2.24, 2.45) is 7.05 Å². The zero-order chi connectivity index (χ0) is 19.9. The number of hydrogen-bond acceptors (Lipinski definition) is 3. The van der Waals surface area contributed by atoms with Crippen molar-refractivity contribution in [3.8, 4) is 5.69 Å². The summed E-state index contributed by atoms with van der Waals surface area (Å²) < 4.78 is 4.06. The summed E-state index contributed by atoms with van der Waals surface area (Å²) in [5, 5.41) is 12.8. The third-order valence-electron chi connectivity index (χ3n) is 6.04. The van der Waals surface area contributed by atoms with Crippen LogP contribution in [-0.2, 0) is 25.4 Å². The minimum Gasteiger partial charge on any atom is -0.306 e. The molecule has 0 aliphatic heterocycles. The summed E-state index contributed by atoms with van der Waals surface area (Å²) in [5.74, 6) is 0. The van der Waals surface area contributed by atoms with Crippen molar-refractivity contribution in [3.63, 3.8) is 0 Å².